The van der Waals surface area contributed by atoms with E-state index < -0.39 is 0 Å². The summed E-state index contributed by atoms with van der Waals surface area (Å²) in [4.78, 5) is 27.6. The number of benzene rings is 2. The highest BCUT2D eigenvalue weighted by molar-refractivity contribution is 6.34. The monoisotopic (exact) mass is 486 g/mol. The van der Waals surface area contributed by atoms with Crippen LogP contribution in [0.3, 0.4) is 0 Å². The van der Waals surface area contributed by atoms with Gasteiger partial charge in [0.2, 0.25) is 5.91 Å². The number of amides is 2. The first-order chi connectivity index (χ1) is 15.6. The molecule has 2 aromatic carbocycles. The Hall–Kier alpha value is -2.83. The van der Waals surface area contributed by atoms with Gasteiger partial charge in [0, 0.05) is 18.0 Å². The van der Waals surface area contributed by atoms with Crippen LogP contribution in [0.25, 0.3) is 5.69 Å². The van der Waals surface area contributed by atoms with Gasteiger partial charge in [-0.3, -0.25) is 9.59 Å². The van der Waals surface area contributed by atoms with Crippen molar-refractivity contribution in [2.75, 3.05) is 18.4 Å². The van der Waals surface area contributed by atoms with Gasteiger partial charge < -0.3 is 10.2 Å². The van der Waals surface area contributed by atoms with Gasteiger partial charge in [-0.25, -0.2) is 4.68 Å². The van der Waals surface area contributed by atoms with Gasteiger partial charge in [-0.2, -0.15) is 5.10 Å². The normalized spacial score (nSPS) is 11.3. The van der Waals surface area contributed by atoms with Crippen molar-refractivity contribution >= 4 is 40.8 Å². The number of aromatic nitrogens is 2. The van der Waals surface area contributed by atoms with Gasteiger partial charge in [-0.1, -0.05) is 75.2 Å². The lowest BCUT2D eigenvalue weighted by molar-refractivity contribution is -0.116. The van der Waals surface area contributed by atoms with Crippen LogP contribution in [0.1, 0.15) is 50.2 Å². The van der Waals surface area contributed by atoms with E-state index in [1.807, 2.05) is 52.0 Å². The fourth-order valence-corrected chi connectivity index (χ4v) is 3.76. The third-order valence-electron chi connectivity index (χ3n) is 5.05. The van der Waals surface area contributed by atoms with E-state index in [0.29, 0.717) is 40.1 Å². The second-order valence-electron chi connectivity index (χ2n) is 8.78. The van der Waals surface area contributed by atoms with Crippen molar-refractivity contribution in [3.8, 4) is 5.69 Å². The summed E-state index contributed by atoms with van der Waals surface area (Å²) in [6, 6.07) is 16.0. The van der Waals surface area contributed by atoms with Crippen molar-refractivity contribution in [1.29, 1.82) is 0 Å². The summed E-state index contributed by atoms with van der Waals surface area (Å²) < 4.78 is 1.63. The van der Waals surface area contributed by atoms with E-state index >= 15 is 0 Å². The first-order valence-electron chi connectivity index (χ1n) is 10.8. The second-order valence-corrected chi connectivity index (χ2v) is 9.60. The molecule has 0 saturated heterocycles. The van der Waals surface area contributed by atoms with Crippen molar-refractivity contribution in [3.05, 3.63) is 75.9 Å². The number of carbonyl (C=O) groups excluding carboxylic acids is 2. The lowest BCUT2D eigenvalue weighted by atomic mass is 9.92. The maximum absolute atomic E-state index is 13.0. The van der Waals surface area contributed by atoms with Crippen molar-refractivity contribution in [1.82, 2.24) is 14.7 Å². The van der Waals surface area contributed by atoms with Crippen molar-refractivity contribution < 1.29 is 9.59 Å². The highest BCUT2D eigenvalue weighted by Crippen LogP contribution is 2.29. The highest BCUT2D eigenvalue weighted by Gasteiger charge is 2.24. The number of carbonyl (C=O) groups is 2. The van der Waals surface area contributed by atoms with Crippen LogP contribution in [0.15, 0.2) is 54.6 Å². The van der Waals surface area contributed by atoms with E-state index in [9.17, 15) is 9.59 Å². The van der Waals surface area contributed by atoms with Crippen molar-refractivity contribution in [2.45, 2.75) is 39.5 Å². The summed E-state index contributed by atoms with van der Waals surface area (Å²) in [6.45, 7) is 8.40. The number of rotatable bonds is 7. The van der Waals surface area contributed by atoms with Crippen molar-refractivity contribution in [2.24, 2.45) is 0 Å². The van der Waals surface area contributed by atoms with Gasteiger partial charge >= 0.3 is 0 Å². The van der Waals surface area contributed by atoms with E-state index in [-0.39, 0.29) is 23.8 Å². The molecule has 0 atom stereocenters. The molecule has 3 rings (SSSR count). The Morgan fingerprint density at radius 2 is 1.67 bits per heavy atom. The fraction of sp³-hybridized carbons (Fsp3) is 0.320. The summed E-state index contributed by atoms with van der Waals surface area (Å²) in [5, 5.41) is 8.48. The molecule has 0 aliphatic heterocycles. The number of anilines is 1. The first-order valence-corrected chi connectivity index (χ1v) is 11.6. The molecule has 0 radical (unpaired) electrons. The Labute approximate surface area is 204 Å². The van der Waals surface area contributed by atoms with Crippen LogP contribution in [-0.4, -0.2) is 39.6 Å². The van der Waals surface area contributed by atoms with E-state index in [1.165, 1.54) is 4.90 Å². The van der Waals surface area contributed by atoms with Crippen LogP contribution < -0.4 is 5.32 Å². The topological polar surface area (TPSA) is 67.2 Å². The molecule has 8 heteroatoms. The standard InChI is InChI=1S/C25H28Cl2N4O2/c1-5-14-30(24(33)17-10-6-7-11-18(17)26)16-23(32)28-22-15-21(25(2,3)4)29-31(22)20-13-9-8-12-19(20)27/h6-13,15H,5,14,16H2,1-4H3,(H,28,32). The molecule has 0 unspecified atom stereocenters. The summed E-state index contributed by atoms with van der Waals surface area (Å²) in [5.41, 5.74) is 1.59. The van der Waals surface area contributed by atoms with Gasteiger partial charge in [-0.05, 0) is 30.7 Å². The summed E-state index contributed by atoms with van der Waals surface area (Å²) in [6.07, 6.45) is 0.704. The number of halogens is 2. The van der Waals surface area contributed by atoms with Gasteiger partial charge in [0.1, 0.15) is 12.4 Å². The molecular weight excluding hydrogens is 459 g/mol. The van der Waals surface area contributed by atoms with Crippen LogP contribution in [-0.2, 0) is 10.2 Å². The highest BCUT2D eigenvalue weighted by atomic mass is 35.5. The molecule has 0 spiro atoms. The van der Waals surface area contributed by atoms with E-state index in [0.717, 1.165) is 5.69 Å². The molecule has 2 amide bonds. The quantitative estimate of drug-likeness (QED) is 0.447. The lowest BCUT2D eigenvalue weighted by Gasteiger charge is -2.22. The number of nitrogens with zero attached hydrogens (tertiary/aromatic N) is 3. The van der Waals surface area contributed by atoms with Gasteiger partial charge in [0.15, 0.2) is 0 Å². The maximum atomic E-state index is 13.0. The smallest absolute Gasteiger partial charge is 0.255 e. The Morgan fingerprint density at radius 1 is 1.03 bits per heavy atom. The summed E-state index contributed by atoms with van der Waals surface area (Å²) in [7, 11) is 0. The molecule has 3 aromatic rings. The van der Waals surface area contributed by atoms with Crippen LogP contribution >= 0.6 is 23.2 Å². The predicted octanol–water partition coefficient (Wildman–Crippen LogP) is 5.97. The maximum Gasteiger partial charge on any atom is 0.255 e. The summed E-state index contributed by atoms with van der Waals surface area (Å²) in [5.74, 6) is -0.134. The minimum absolute atomic E-state index is 0.115. The summed E-state index contributed by atoms with van der Waals surface area (Å²) >= 11 is 12.6. The zero-order valence-corrected chi connectivity index (χ0v) is 20.7. The second kappa shape index (κ2) is 10.4. The zero-order chi connectivity index (χ0) is 24.2. The Balaban J connectivity index is 1.88. The van der Waals surface area contributed by atoms with E-state index in [4.69, 9.17) is 28.3 Å². The third-order valence-corrected chi connectivity index (χ3v) is 5.69. The molecule has 0 aliphatic rings. The van der Waals surface area contributed by atoms with Gasteiger partial charge in [-0.15, -0.1) is 0 Å². The largest absolute Gasteiger partial charge is 0.329 e. The van der Waals surface area contributed by atoms with Crippen LogP contribution in [0.4, 0.5) is 5.82 Å². The average molecular weight is 487 g/mol. The Kier molecular flexibility index (Phi) is 7.82. The van der Waals surface area contributed by atoms with Crippen LogP contribution in [0, 0.1) is 0 Å². The third kappa shape index (κ3) is 5.95. The molecule has 1 N–H and O–H groups in total. The first kappa shape index (κ1) is 24.8. The SMILES string of the molecule is CCCN(CC(=O)Nc1cc(C(C)(C)C)nn1-c1ccccc1Cl)C(=O)c1ccccc1Cl. The molecule has 0 aliphatic carbocycles. The molecular formula is C25H28Cl2N4O2. The van der Waals surface area contributed by atoms with Crippen LogP contribution in [0.5, 0.6) is 0 Å². The zero-order valence-electron chi connectivity index (χ0n) is 19.2. The lowest BCUT2D eigenvalue weighted by Crippen LogP contribution is -2.38. The molecule has 0 bridgehead atoms. The van der Waals surface area contributed by atoms with E-state index in [1.54, 1.807) is 35.0 Å². The molecule has 1 aromatic heterocycles. The minimum atomic E-state index is -0.336. The van der Waals surface area contributed by atoms with E-state index in [2.05, 4.69) is 5.32 Å². The van der Waals surface area contributed by atoms with Crippen LogP contribution in [0.2, 0.25) is 10.0 Å². The molecule has 6 nitrogen and oxygen atoms in total. The molecule has 1 heterocycles. The average Bonchev–Trinajstić information content (AvgIpc) is 3.17. The molecule has 0 saturated carbocycles. The number of hydrogen-bond acceptors (Lipinski definition) is 3. The molecule has 0 fully saturated rings. The molecule has 174 valence electrons. The predicted molar refractivity (Wildman–Crippen MR) is 134 cm³/mol. The molecule has 33 heavy (non-hydrogen) atoms. The fourth-order valence-electron chi connectivity index (χ4n) is 3.33. The van der Waals surface area contributed by atoms with Gasteiger partial charge in [0.05, 0.1) is 27.0 Å². The van der Waals surface area contributed by atoms with Gasteiger partial charge in [0.25, 0.3) is 5.91 Å². The number of para-hydroxylation sites is 1. The number of hydrogen-bond donors (Lipinski definition) is 1. The Bertz CT molecular complexity index is 1150. The number of nitrogens with one attached hydrogen (secondary N) is 1. The Morgan fingerprint density at radius 3 is 2.27 bits per heavy atom. The minimum Gasteiger partial charge on any atom is -0.329 e. The van der Waals surface area contributed by atoms with Crippen molar-refractivity contribution in [3.63, 3.8) is 0 Å².